The van der Waals surface area contributed by atoms with Crippen LogP contribution >= 0.6 is 23.2 Å². The van der Waals surface area contributed by atoms with Crippen LogP contribution in [0.3, 0.4) is 0 Å². The van der Waals surface area contributed by atoms with Crippen molar-refractivity contribution in [2.45, 2.75) is 13.0 Å². The molecule has 5 nitrogen and oxygen atoms in total. The summed E-state index contributed by atoms with van der Waals surface area (Å²) < 4.78 is 0. The lowest BCUT2D eigenvalue weighted by atomic mass is 10.00. The number of nitrogens with zero attached hydrogens (tertiary/aromatic N) is 3. The van der Waals surface area contributed by atoms with E-state index in [0.29, 0.717) is 40.3 Å². The van der Waals surface area contributed by atoms with Crippen LogP contribution in [0, 0.1) is 0 Å². The number of anilines is 2. The summed E-state index contributed by atoms with van der Waals surface area (Å²) in [5.74, 6) is 0.338. The van der Waals surface area contributed by atoms with Crippen LogP contribution in [0.2, 0.25) is 10.0 Å². The molecule has 2 aromatic carbocycles. The minimum Gasteiger partial charge on any atom is -0.337 e. The van der Waals surface area contributed by atoms with Crippen LogP contribution in [0.25, 0.3) is 0 Å². The second-order valence-corrected chi connectivity index (χ2v) is 7.07. The van der Waals surface area contributed by atoms with Gasteiger partial charge in [-0.05, 0) is 29.7 Å². The first-order valence-corrected chi connectivity index (χ1v) is 9.26. The van der Waals surface area contributed by atoms with Crippen molar-refractivity contribution in [3.05, 3.63) is 81.7 Å². The number of carbonyl (C=O) groups is 1. The molecule has 27 heavy (non-hydrogen) atoms. The highest BCUT2D eigenvalue weighted by atomic mass is 35.5. The van der Waals surface area contributed by atoms with Gasteiger partial charge in [0.1, 0.15) is 11.5 Å². The fraction of sp³-hybridized carbons (Fsp3) is 0.150. The number of hydrogen-bond acceptors (Lipinski definition) is 4. The zero-order chi connectivity index (χ0) is 18.8. The normalized spacial score (nSPS) is 13.2. The highest BCUT2D eigenvalue weighted by Crippen LogP contribution is 2.31. The Morgan fingerprint density at radius 2 is 1.70 bits per heavy atom. The molecule has 1 aliphatic heterocycles. The van der Waals surface area contributed by atoms with E-state index in [1.54, 1.807) is 23.1 Å². The lowest BCUT2D eigenvalue weighted by Gasteiger charge is -2.28. The summed E-state index contributed by atoms with van der Waals surface area (Å²) in [6, 6.07) is 13.4. The number of hydrogen-bond donors (Lipinski definition) is 1. The van der Waals surface area contributed by atoms with E-state index in [9.17, 15) is 4.79 Å². The molecule has 1 aliphatic rings. The van der Waals surface area contributed by atoms with Gasteiger partial charge in [-0.25, -0.2) is 9.97 Å². The van der Waals surface area contributed by atoms with Crippen LogP contribution in [0.1, 0.15) is 21.6 Å². The molecule has 1 amide bonds. The summed E-state index contributed by atoms with van der Waals surface area (Å²) in [6.07, 6.45) is 3.82. The van der Waals surface area contributed by atoms with Gasteiger partial charge >= 0.3 is 0 Å². The van der Waals surface area contributed by atoms with E-state index in [1.165, 1.54) is 23.5 Å². The number of carbonyl (C=O) groups excluding carboxylic acids is 1. The summed E-state index contributed by atoms with van der Waals surface area (Å²) >= 11 is 12.3. The molecule has 0 spiro atoms. The molecule has 0 fully saturated rings. The van der Waals surface area contributed by atoms with Crippen LogP contribution < -0.4 is 5.32 Å². The maximum Gasteiger partial charge on any atom is 0.274 e. The number of aromatic nitrogens is 2. The average Bonchev–Trinajstić information content (AvgIpc) is 2.70. The molecule has 136 valence electrons. The summed E-state index contributed by atoms with van der Waals surface area (Å²) in [7, 11) is 0. The number of rotatable bonds is 3. The fourth-order valence-corrected chi connectivity index (χ4v) is 3.57. The number of fused-ring (bicyclic) bond motifs is 1. The maximum atomic E-state index is 12.7. The zero-order valence-electron chi connectivity index (χ0n) is 14.3. The van der Waals surface area contributed by atoms with Gasteiger partial charge in [0.2, 0.25) is 0 Å². The molecule has 0 unspecified atom stereocenters. The molecule has 0 radical (unpaired) electrons. The molecule has 7 heteroatoms. The minimum absolute atomic E-state index is 0.126. The van der Waals surface area contributed by atoms with E-state index in [2.05, 4.69) is 27.4 Å². The van der Waals surface area contributed by atoms with Crippen LogP contribution in [-0.4, -0.2) is 27.3 Å². The fourth-order valence-electron chi connectivity index (χ4n) is 3.08. The number of benzene rings is 2. The quantitative estimate of drug-likeness (QED) is 0.692. The first-order chi connectivity index (χ1) is 13.1. The Bertz CT molecular complexity index is 971. The predicted octanol–water partition coefficient (Wildman–Crippen LogP) is 4.73. The predicted molar refractivity (Wildman–Crippen MR) is 107 cm³/mol. The zero-order valence-corrected chi connectivity index (χ0v) is 15.8. The molecule has 0 saturated heterocycles. The van der Waals surface area contributed by atoms with Gasteiger partial charge in [-0.3, -0.25) is 4.79 Å². The second kappa shape index (κ2) is 7.55. The van der Waals surface area contributed by atoms with E-state index < -0.39 is 0 Å². The highest BCUT2D eigenvalue weighted by Gasteiger charge is 2.22. The van der Waals surface area contributed by atoms with Crippen molar-refractivity contribution in [3.8, 4) is 0 Å². The Hall–Kier alpha value is -2.63. The molecule has 1 N–H and O–H groups in total. The topological polar surface area (TPSA) is 58.1 Å². The maximum absolute atomic E-state index is 12.7. The monoisotopic (exact) mass is 398 g/mol. The number of para-hydroxylation sites is 1. The summed E-state index contributed by atoms with van der Waals surface area (Å²) in [4.78, 5) is 23.1. The third kappa shape index (κ3) is 3.75. The Kier molecular flexibility index (Phi) is 4.97. The molecule has 2 heterocycles. The van der Waals surface area contributed by atoms with Crippen LogP contribution in [0.4, 0.5) is 11.5 Å². The molecular weight excluding hydrogens is 383 g/mol. The number of nitrogens with one attached hydrogen (secondary N) is 1. The largest absolute Gasteiger partial charge is 0.337 e. The van der Waals surface area contributed by atoms with Crippen molar-refractivity contribution in [2.75, 3.05) is 11.9 Å². The molecule has 3 aromatic rings. The van der Waals surface area contributed by atoms with E-state index in [4.69, 9.17) is 23.2 Å². The van der Waals surface area contributed by atoms with Crippen LogP contribution in [0.5, 0.6) is 0 Å². The first kappa shape index (κ1) is 17.8. The smallest absolute Gasteiger partial charge is 0.274 e. The molecule has 1 aromatic heterocycles. The van der Waals surface area contributed by atoms with E-state index in [1.807, 2.05) is 12.1 Å². The van der Waals surface area contributed by atoms with Crippen molar-refractivity contribution in [3.63, 3.8) is 0 Å². The Balaban J connectivity index is 1.48. The first-order valence-electron chi connectivity index (χ1n) is 8.51. The third-order valence-corrected chi connectivity index (χ3v) is 5.13. The van der Waals surface area contributed by atoms with Crippen molar-refractivity contribution in [1.29, 1.82) is 0 Å². The van der Waals surface area contributed by atoms with Gasteiger partial charge in [-0.1, -0.05) is 53.5 Å². The molecule has 0 atom stereocenters. The van der Waals surface area contributed by atoms with Gasteiger partial charge in [0, 0.05) is 13.1 Å². The van der Waals surface area contributed by atoms with Gasteiger partial charge in [0.25, 0.3) is 5.91 Å². The van der Waals surface area contributed by atoms with Gasteiger partial charge in [0.05, 0.1) is 28.1 Å². The number of amides is 1. The van der Waals surface area contributed by atoms with E-state index in [0.717, 1.165) is 6.42 Å². The van der Waals surface area contributed by atoms with Crippen LogP contribution in [-0.2, 0) is 13.0 Å². The van der Waals surface area contributed by atoms with Gasteiger partial charge in [-0.2, -0.15) is 0 Å². The van der Waals surface area contributed by atoms with Crippen molar-refractivity contribution < 1.29 is 4.79 Å². The molecule has 0 saturated carbocycles. The Labute approximate surface area is 167 Å². The average molecular weight is 399 g/mol. The molecule has 0 bridgehead atoms. The second-order valence-electron chi connectivity index (χ2n) is 6.25. The summed E-state index contributed by atoms with van der Waals surface area (Å²) in [5.41, 5.74) is 3.34. The molecule has 0 aliphatic carbocycles. The number of halogens is 2. The Morgan fingerprint density at radius 3 is 2.41 bits per heavy atom. The standard InChI is InChI=1S/C20H16Cl2N4O/c21-15-6-3-7-16(22)19(15)25-18-11-23-17(10-24-18)20(27)26-9-8-13-4-1-2-5-14(13)12-26/h1-7,10-11H,8-9,12H2,(H,24,25). The molecular formula is C20H16Cl2N4O. The summed E-state index contributed by atoms with van der Waals surface area (Å²) in [5, 5.41) is 4.00. The molecule has 4 rings (SSSR count). The Morgan fingerprint density at radius 1 is 0.963 bits per heavy atom. The third-order valence-electron chi connectivity index (χ3n) is 4.50. The van der Waals surface area contributed by atoms with E-state index >= 15 is 0 Å². The van der Waals surface area contributed by atoms with Crippen LogP contribution in [0.15, 0.2) is 54.9 Å². The van der Waals surface area contributed by atoms with Gasteiger partial charge < -0.3 is 10.2 Å². The van der Waals surface area contributed by atoms with Crippen molar-refractivity contribution in [2.24, 2.45) is 0 Å². The lowest BCUT2D eigenvalue weighted by Crippen LogP contribution is -2.36. The van der Waals surface area contributed by atoms with Gasteiger partial charge in [-0.15, -0.1) is 0 Å². The van der Waals surface area contributed by atoms with Crippen molar-refractivity contribution in [1.82, 2.24) is 14.9 Å². The van der Waals surface area contributed by atoms with Gasteiger partial charge in [0.15, 0.2) is 0 Å². The lowest BCUT2D eigenvalue weighted by molar-refractivity contribution is 0.0728. The van der Waals surface area contributed by atoms with E-state index in [-0.39, 0.29) is 5.91 Å². The van der Waals surface area contributed by atoms with Crippen molar-refractivity contribution >= 4 is 40.6 Å². The SMILES string of the molecule is O=C(c1cnc(Nc2c(Cl)cccc2Cl)cn1)N1CCc2ccccc2C1. The highest BCUT2D eigenvalue weighted by molar-refractivity contribution is 6.39. The summed E-state index contributed by atoms with van der Waals surface area (Å²) in [6.45, 7) is 1.26. The minimum atomic E-state index is -0.126.